The van der Waals surface area contributed by atoms with E-state index in [9.17, 15) is 4.79 Å². The molecule has 2 heterocycles. The Morgan fingerprint density at radius 2 is 2.50 bits per heavy atom. The summed E-state index contributed by atoms with van der Waals surface area (Å²) in [5.74, 6) is -0.0791. The fraction of sp³-hybridized carbons (Fsp3) is 0.909. The molecule has 0 bridgehead atoms. The van der Waals surface area contributed by atoms with Gasteiger partial charge in [0.1, 0.15) is 5.88 Å². The van der Waals surface area contributed by atoms with E-state index in [1.165, 1.54) is 12.8 Å². The maximum atomic E-state index is 11.2. The largest absolute Gasteiger partial charge is 0.378 e. The molecule has 2 atom stereocenters. The molecule has 1 amide bonds. The predicted octanol–water partition coefficient (Wildman–Crippen LogP) is 0.595. The lowest BCUT2D eigenvalue weighted by Crippen LogP contribution is -2.62. The molecule has 0 saturated carbocycles. The average Bonchev–Trinajstić information content (AvgIpc) is 2.76. The zero-order chi connectivity index (χ0) is 11.6. The number of rotatable bonds is 3. The molecular weight excluding hydrogens is 228 g/mol. The van der Waals surface area contributed by atoms with Crippen LogP contribution >= 0.6 is 11.6 Å². The molecule has 0 radical (unpaired) electrons. The van der Waals surface area contributed by atoms with Gasteiger partial charge in [-0.05, 0) is 26.3 Å². The minimum atomic E-state index is -0.107. The van der Waals surface area contributed by atoms with Gasteiger partial charge < -0.3 is 10.1 Å². The monoisotopic (exact) mass is 246 g/mol. The van der Waals surface area contributed by atoms with Crippen molar-refractivity contribution in [1.29, 1.82) is 0 Å². The van der Waals surface area contributed by atoms with Crippen LogP contribution in [0.25, 0.3) is 0 Å². The Bertz CT molecular complexity index is 275. The minimum Gasteiger partial charge on any atom is -0.378 e. The summed E-state index contributed by atoms with van der Waals surface area (Å²) in [6.45, 7) is 5.40. The molecule has 92 valence electrons. The van der Waals surface area contributed by atoms with Gasteiger partial charge in [0.15, 0.2) is 0 Å². The molecule has 2 fully saturated rings. The second-order valence-corrected chi connectivity index (χ2v) is 5.18. The summed E-state index contributed by atoms with van der Waals surface area (Å²) in [7, 11) is 0. The SMILES string of the molecule is C[C@]1(CNC(=O)CCl)COC[C@H]2CCCN21. The average molecular weight is 247 g/mol. The highest BCUT2D eigenvalue weighted by Crippen LogP contribution is 2.30. The molecule has 0 aromatic heterocycles. The summed E-state index contributed by atoms with van der Waals surface area (Å²) in [4.78, 5) is 13.7. The third-order valence-corrected chi connectivity index (χ3v) is 3.82. The molecule has 0 aromatic rings. The first kappa shape index (κ1) is 12.1. The van der Waals surface area contributed by atoms with Gasteiger partial charge in [0.25, 0.3) is 0 Å². The molecule has 2 aliphatic heterocycles. The second kappa shape index (κ2) is 4.90. The van der Waals surface area contributed by atoms with E-state index in [1.807, 2.05) is 0 Å². The van der Waals surface area contributed by atoms with Crippen LogP contribution in [-0.4, -0.2) is 54.6 Å². The van der Waals surface area contributed by atoms with E-state index >= 15 is 0 Å². The molecule has 0 spiro atoms. The third kappa shape index (κ3) is 2.34. The number of ether oxygens (including phenoxy) is 1. The van der Waals surface area contributed by atoms with Crippen molar-refractivity contribution >= 4 is 17.5 Å². The van der Waals surface area contributed by atoms with E-state index in [0.29, 0.717) is 19.2 Å². The van der Waals surface area contributed by atoms with E-state index in [-0.39, 0.29) is 17.3 Å². The summed E-state index contributed by atoms with van der Waals surface area (Å²) >= 11 is 5.47. The number of alkyl halides is 1. The summed E-state index contributed by atoms with van der Waals surface area (Å²) in [6.07, 6.45) is 2.44. The van der Waals surface area contributed by atoms with Crippen molar-refractivity contribution in [2.24, 2.45) is 0 Å². The van der Waals surface area contributed by atoms with Gasteiger partial charge >= 0.3 is 0 Å². The number of nitrogens with one attached hydrogen (secondary N) is 1. The molecule has 2 rings (SSSR count). The van der Waals surface area contributed by atoms with Gasteiger partial charge in [-0.3, -0.25) is 9.69 Å². The molecule has 0 aromatic carbocycles. The van der Waals surface area contributed by atoms with E-state index in [1.54, 1.807) is 0 Å². The van der Waals surface area contributed by atoms with Gasteiger partial charge in [0, 0.05) is 12.6 Å². The Hall–Kier alpha value is -0.320. The number of morpholine rings is 1. The number of hydrogen-bond acceptors (Lipinski definition) is 3. The lowest BCUT2D eigenvalue weighted by Gasteiger charge is -2.46. The topological polar surface area (TPSA) is 41.6 Å². The van der Waals surface area contributed by atoms with E-state index in [0.717, 1.165) is 13.2 Å². The van der Waals surface area contributed by atoms with Crippen LogP contribution in [0.5, 0.6) is 0 Å². The molecule has 0 unspecified atom stereocenters. The van der Waals surface area contributed by atoms with Gasteiger partial charge in [-0.15, -0.1) is 11.6 Å². The maximum Gasteiger partial charge on any atom is 0.234 e. The van der Waals surface area contributed by atoms with Crippen LogP contribution in [0.15, 0.2) is 0 Å². The smallest absolute Gasteiger partial charge is 0.234 e. The van der Waals surface area contributed by atoms with Gasteiger partial charge in [-0.1, -0.05) is 0 Å². The molecule has 1 N–H and O–H groups in total. The zero-order valence-electron chi connectivity index (χ0n) is 9.67. The third-order valence-electron chi connectivity index (χ3n) is 3.58. The Kier molecular flexibility index (Phi) is 3.72. The van der Waals surface area contributed by atoms with E-state index in [2.05, 4.69) is 17.1 Å². The van der Waals surface area contributed by atoms with E-state index < -0.39 is 0 Å². The first-order chi connectivity index (χ1) is 7.65. The number of carbonyl (C=O) groups is 1. The number of fused-ring (bicyclic) bond motifs is 1. The Morgan fingerprint density at radius 3 is 3.25 bits per heavy atom. The van der Waals surface area contributed by atoms with Crippen molar-refractivity contribution in [2.75, 3.05) is 32.2 Å². The number of carbonyl (C=O) groups excluding carboxylic acids is 1. The van der Waals surface area contributed by atoms with Crippen LogP contribution in [0.4, 0.5) is 0 Å². The molecule has 2 aliphatic rings. The van der Waals surface area contributed by atoms with Crippen LogP contribution in [-0.2, 0) is 9.53 Å². The van der Waals surface area contributed by atoms with Crippen LogP contribution in [0.2, 0.25) is 0 Å². The number of hydrogen-bond donors (Lipinski definition) is 1. The van der Waals surface area contributed by atoms with Crippen LogP contribution < -0.4 is 5.32 Å². The number of halogens is 1. The summed E-state index contributed by atoms with van der Waals surface area (Å²) in [5.41, 5.74) is -0.0683. The fourth-order valence-corrected chi connectivity index (χ4v) is 2.80. The molecule has 2 saturated heterocycles. The van der Waals surface area contributed by atoms with Crippen molar-refractivity contribution in [3.05, 3.63) is 0 Å². The van der Waals surface area contributed by atoms with E-state index in [4.69, 9.17) is 16.3 Å². The first-order valence-electron chi connectivity index (χ1n) is 5.83. The van der Waals surface area contributed by atoms with Crippen molar-refractivity contribution in [3.63, 3.8) is 0 Å². The predicted molar refractivity (Wildman–Crippen MR) is 62.7 cm³/mol. The van der Waals surface area contributed by atoms with Gasteiger partial charge in [-0.25, -0.2) is 0 Å². The quantitative estimate of drug-likeness (QED) is 0.742. The van der Waals surface area contributed by atoms with Crippen molar-refractivity contribution < 1.29 is 9.53 Å². The second-order valence-electron chi connectivity index (χ2n) is 4.91. The number of amides is 1. The van der Waals surface area contributed by atoms with Gasteiger partial charge in [-0.2, -0.15) is 0 Å². The van der Waals surface area contributed by atoms with Crippen LogP contribution in [0.3, 0.4) is 0 Å². The highest BCUT2D eigenvalue weighted by atomic mass is 35.5. The molecular formula is C11H19ClN2O2. The van der Waals surface area contributed by atoms with Crippen molar-refractivity contribution in [1.82, 2.24) is 10.2 Å². The summed E-state index contributed by atoms with van der Waals surface area (Å²) in [5, 5.41) is 2.86. The molecule has 0 aliphatic carbocycles. The summed E-state index contributed by atoms with van der Waals surface area (Å²) in [6, 6.07) is 0.534. The van der Waals surface area contributed by atoms with Crippen LogP contribution in [0.1, 0.15) is 19.8 Å². The fourth-order valence-electron chi connectivity index (χ4n) is 2.71. The molecule has 4 nitrogen and oxygen atoms in total. The Balaban J connectivity index is 1.96. The van der Waals surface area contributed by atoms with Gasteiger partial charge in [0.05, 0.1) is 18.8 Å². The lowest BCUT2D eigenvalue weighted by atomic mass is 9.97. The number of nitrogens with zero attached hydrogens (tertiary/aromatic N) is 1. The lowest BCUT2D eigenvalue weighted by molar-refractivity contribution is -0.121. The highest BCUT2D eigenvalue weighted by molar-refractivity contribution is 6.27. The Labute approximate surface area is 101 Å². The van der Waals surface area contributed by atoms with Crippen molar-refractivity contribution in [3.8, 4) is 0 Å². The summed E-state index contributed by atoms with van der Waals surface area (Å²) < 4.78 is 5.64. The highest BCUT2D eigenvalue weighted by Gasteiger charge is 2.42. The van der Waals surface area contributed by atoms with Gasteiger partial charge in [0.2, 0.25) is 5.91 Å². The minimum absolute atomic E-state index is 0.0281. The zero-order valence-corrected chi connectivity index (χ0v) is 10.4. The van der Waals surface area contributed by atoms with Crippen molar-refractivity contribution in [2.45, 2.75) is 31.3 Å². The first-order valence-corrected chi connectivity index (χ1v) is 6.36. The van der Waals surface area contributed by atoms with Crippen LogP contribution in [0, 0.1) is 0 Å². The molecule has 16 heavy (non-hydrogen) atoms. The Morgan fingerprint density at radius 1 is 1.69 bits per heavy atom. The normalized spacial score (nSPS) is 34.8. The maximum absolute atomic E-state index is 11.2. The molecule has 5 heteroatoms. The standard InChI is InChI=1S/C11H19ClN2O2/c1-11(7-13-10(15)5-12)8-16-6-9-3-2-4-14(9)11/h9H,2-8H2,1H3,(H,13,15)/t9-,11+/m1/s1.